The van der Waals surface area contributed by atoms with Crippen molar-refractivity contribution in [2.24, 2.45) is 5.73 Å². The third kappa shape index (κ3) is 2.97. The van der Waals surface area contributed by atoms with Crippen LogP contribution in [0.15, 0.2) is 0 Å². The van der Waals surface area contributed by atoms with E-state index in [0.717, 1.165) is 0 Å². The summed E-state index contributed by atoms with van der Waals surface area (Å²) in [6.45, 7) is 6.80. The Morgan fingerprint density at radius 2 is 1.77 bits per heavy atom. The van der Waals surface area contributed by atoms with Crippen molar-refractivity contribution in [3.63, 3.8) is 0 Å². The zero-order valence-electron chi connectivity index (χ0n) is 9.09. The molecule has 0 saturated carbocycles. The van der Waals surface area contributed by atoms with Gasteiger partial charge in [-0.2, -0.15) is 0 Å². The van der Waals surface area contributed by atoms with Crippen LogP contribution in [-0.4, -0.2) is 40.6 Å². The maximum atomic E-state index is 11.7. The van der Waals surface area contributed by atoms with Crippen LogP contribution in [0.4, 0.5) is 0 Å². The van der Waals surface area contributed by atoms with Gasteiger partial charge in [0.1, 0.15) is 0 Å². The van der Waals surface area contributed by atoms with Crippen LogP contribution in [0.5, 0.6) is 0 Å². The quantitative estimate of drug-likeness (QED) is 0.652. The number of carbonyl (C=O) groups is 1. The van der Waals surface area contributed by atoms with E-state index in [0.29, 0.717) is 0 Å². The van der Waals surface area contributed by atoms with Gasteiger partial charge < -0.3 is 15.7 Å². The summed E-state index contributed by atoms with van der Waals surface area (Å²) in [5, 5.41) is 9.04. The number of nitrogens with zero attached hydrogens (tertiary/aromatic N) is 1. The Morgan fingerprint density at radius 1 is 1.38 bits per heavy atom. The zero-order chi connectivity index (χ0) is 10.9. The van der Waals surface area contributed by atoms with E-state index in [2.05, 4.69) is 0 Å². The first-order chi connectivity index (χ1) is 5.63. The summed E-state index contributed by atoms with van der Waals surface area (Å²) >= 11 is 0. The Bertz CT molecular complexity index is 194. The molecule has 0 spiro atoms. The van der Waals surface area contributed by atoms with Crippen molar-refractivity contribution in [3.8, 4) is 0 Å². The molecule has 0 aromatic rings. The molecule has 0 saturated heterocycles. The minimum Gasteiger partial charge on any atom is -0.394 e. The molecule has 0 heterocycles. The first kappa shape index (κ1) is 12.4. The summed E-state index contributed by atoms with van der Waals surface area (Å²) in [6.07, 6.45) is 0. The average molecular weight is 188 g/mol. The Labute approximate surface area is 79.7 Å². The molecule has 13 heavy (non-hydrogen) atoms. The van der Waals surface area contributed by atoms with E-state index < -0.39 is 11.1 Å². The number of likely N-dealkylation sites (N-methyl/N-ethyl adjacent to an activating group) is 1. The molecule has 0 bridgehead atoms. The molecule has 0 aliphatic rings. The second kappa shape index (κ2) is 3.64. The Hall–Kier alpha value is -0.610. The van der Waals surface area contributed by atoms with Gasteiger partial charge in [0.25, 0.3) is 0 Å². The summed E-state index contributed by atoms with van der Waals surface area (Å²) < 4.78 is 0. The van der Waals surface area contributed by atoms with Gasteiger partial charge in [0.15, 0.2) is 0 Å². The molecule has 4 nitrogen and oxygen atoms in total. The predicted molar refractivity (Wildman–Crippen MR) is 52.2 cm³/mol. The van der Waals surface area contributed by atoms with Gasteiger partial charge in [-0.15, -0.1) is 0 Å². The van der Waals surface area contributed by atoms with Crippen molar-refractivity contribution >= 4 is 5.91 Å². The number of amides is 1. The molecule has 0 aliphatic heterocycles. The molecule has 0 unspecified atom stereocenters. The van der Waals surface area contributed by atoms with Crippen LogP contribution in [0.2, 0.25) is 0 Å². The van der Waals surface area contributed by atoms with Gasteiger partial charge in [-0.1, -0.05) is 0 Å². The van der Waals surface area contributed by atoms with Crippen molar-refractivity contribution in [2.45, 2.75) is 38.8 Å². The van der Waals surface area contributed by atoms with Crippen molar-refractivity contribution in [2.75, 3.05) is 13.7 Å². The monoisotopic (exact) mass is 188 g/mol. The van der Waals surface area contributed by atoms with E-state index in [-0.39, 0.29) is 12.5 Å². The first-order valence-electron chi connectivity index (χ1n) is 4.31. The Kier molecular flexibility index (Phi) is 3.47. The van der Waals surface area contributed by atoms with E-state index in [4.69, 9.17) is 10.8 Å². The van der Waals surface area contributed by atoms with Crippen molar-refractivity contribution in [1.29, 1.82) is 0 Å². The summed E-state index contributed by atoms with van der Waals surface area (Å²) in [4.78, 5) is 13.1. The number of aliphatic hydroxyl groups is 1. The number of aliphatic hydroxyl groups excluding tert-OH is 1. The number of hydrogen-bond donors (Lipinski definition) is 2. The van der Waals surface area contributed by atoms with Gasteiger partial charge >= 0.3 is 0 Å². The molecule has 0 aliphatic carbocycles. The second-order valence-corrected chi connectivity index (χ2v) is 4.56. The van der Waals surface area contributed by atoms with Gasteiger partial charge in [0.2, 0.25) is 5.91 Å². The maximum absolute atomic E-state index is 11.7. The van der Waals surface area contributed by atoms with Crippen molar-refractivity contribution < 1.29 is 9.90 Å². The highest BCUT2D eigenvalue weighted by Gasteiger charge is 2.33. The molecule has 0 fully saturated rings. The lowest BCUT2D eigenvalue weighted by Crippen LogP contribution is -2.57. The first-order valence-corrected chi connectivity index (χ1v) is 4.31. The molecular weight excluding hydrogens is 168 g/mol. The van der Waals surface area contributed by atoms with Gasteiger partial charge in [-0.25, -0.2) is 0 Å². The average Bonchev–Trinajstić information content (AvgIpc) is 2.00. The number of hydrogen-bond acceptors (Lipinski definition) is 3. The Balaban J connectivity index is 4.62. The van der Waals surface area contributed by atoms with E-state index in [1.54, 1.807) is 34.7 Å². The van der Waals surface area contributed by atoms with Crippen molar-refractivity contribution in [1.82, 2.24) is 4.90 Å². The minimum atomic E-state index is -0.888. The van der Waals surface area contributed by atoms with Gasteiger partial charge in [0.05, 0.1) is 17.7 Å². The number of nitrogens with two attached hydrogens (primary N) is 1. The molecule has 4 heteroatoms. The van der Waals surface area contributed by atoms with Crippen LogP contribution in [0.3, 0.4) is 0 Å². The summed E-state index contributed by atoms with van der Waals surface area (Å²) in [7, 11) is 1.65. The number of carbonyl (C=O) groups excluding carboxylic acids is 1. The van der Waals surface area contributed by atoms with Crippen LogP contribution in [-0.2, 0) is 4.79 Å². The van der Waals surface area contributed by atoms with Crippen LogP contribution in [0, 0.1) is 0 Å². The topological polar surface area (TPSA) is 66.6 Å². The number of rotatable bonds is 3. The molecule has 0 atom stereocenters. The summed E-state index contributed by atoms with van der Waals surface area (Å²) in [6, 6.07) is 0. The van der Waals surface area contributed by atoms with Crippen LogP contribution in [0.25, 0.3) is 0 Å². The highest BCUT2D eigenvalue weighted by atomic mass is 16.3. The molecule has 78 valence electrons. The third-order valence-corrected chi connectivity index (χ3v) is 2.15. The summed E-state index contributed by atoms with van der Waals surface area (Å²) in [5.41, 5.74) is 4.21. The highest BCUT2D eigenvalue weighted by molar-refractivity contribution is 5.85. The van der Waals surface area contributed by atoms with E-state index in [1.807, 2.05) is 0 Å². The van der Waals surface area contributed by atoms with Crippen LogP contribution >= 0.6 is 0 Å². The Morgan fingerprint density at radius 3 is 2.00 bits per heavy atom. The van der Waals surface area contributed by atoms with E-state index in [1.165, 1.54) is 4.90 Å². The molecule has 0 aromatic heterocycles. The molecule has 0 aromatic carbocycles. The van der Waals surface area contributed by atoms with Crippen LogP contribution in [0.1, 0.15) is 27.7 Å². The molecular formula is C9H20N2O2. The van der Waals surface area contributed by atoms with E-state index >= 15 is 0 Å². The predicted octanol–water partition coefficient (Wildman–Crippen LogP) is -0.0470. The second-order valence-electron chi connectivity index (χ2n) is 4.56. The molecule has 3 N–H and O–H groups in total. The van der Waals surface area contributed by atoms with Crippen LogP contribution < -0.4 is 5.73 Å². The lowest BCUT2D eigenvalue weighted by molar-refractivity contribution is -0.140. The van der Waals surface area contributed by atoms with Gasteiger partial charge in [0, 0.05) is 7.05 Å². The lowest BCUT2D eigenvalue weighted by atomic mass is 9.99. The normalized spacial score (nSPS) is 12.8. The summed E-state index contributed by atoms with van der Waals surface area (Å²) in [5.74, 6) is -0.174. The largest absolute Gasteiger partial charge is 0.394 e. The van der Waals surface area contributed by atoms with Gasteiger partial charge in [-0.05, 0) is 27.7 Å². The fraction of sp³-hybridized carbons (Fsp3) is 0.889. The van der Waals surface area contributed by atoms with Crippen molar-refractivity contribution in [3.05, 3.63) is 0 Å². The maximum Gasteiger partial charge on any atom is 0.242 e. The van der Waals surface area contributed by atoms with E-state index in [9.17, 15) is 4.79 Å². The fourth-order valence-corrected chi connectivity index (χ4v) is 0.813. The highest BCUT2D eigenvalue weighted by Crippen LogP contribution is 2.15. The third-order valence-electron chi connectivity index (χ3n) is 2.15. The standard InChI is InChI=1S/C9H20N2O2/c1-8(2,6-12)11(5)7(13)9(3,4)10/h12H,6,10H2,1-5H3. The smallest absolute Gasteiger partial charge is 0.242 e. The lowest BCUT2D eigenvalue weighted by Gasteiger charge is -2.37. The SMILES string of the molecule is CN(C(=O)C(C)(C)N)C(C)(C)CO. The molecule has 0 radical (unpaired) electrons. The van der Waals surface area contributed by atoms with Gasteiger partial charge in [-0.3, -0.25) is 4.79 Å². The molecule has 1 amide bonds. The minimum absolute atomic E-state index is 0.0781. The zero-order valence-corrected chi connectivity index (χ0v) is 9.09. The fourth-order valence-electron chi connectivity index (χ4n) is 0.813. The molecule has 0 rings (SSSR count).